The first kappa shape index (κ1) is 9.56. The third kappa shape index (κ3) is 2.50. The van der Waals surface area contributed by atoms with Crippen molar-refractivity contribution in [2.75, 3.05) is 0 Å². The standard InChI is InChI=1S/C10H18O2/c1-8(10(11)12)9-6-4-2-3-5-7-9/h8-9H,2-7H2,1H3,(H,11,12). The second-order valence-corrected chi connectivity index (χ2v) is 3.88. The monoisotopic (exact) mass is 170 g/mol. The van der Waals surface area contributed by atoms with E-state index in [4.69, 9.17) is 5.11 Å². The van der Waals surface area contributed by atoms with Crippen LogP contribution in [0.4, 0.5) is 0 Å². The molecular weight excluding hydrogens is 152 g/mol. The van der Waals surface area contributed by atoms with Crippen LogP contribution in [0.25, 0.3) is 0 Å². The number of carboxylic acid groups (broad SMARTS) is 1. The molecule has 1 unspecified atom stereocenters. The summed E-state index contributed by atoms with van der Waals surface area (Å²) in [7, 11) is 0. The average Bonchev–Trinajstić information content (AvgIpc) is 2.30. The lowest BCUT2D eigenvalue weighted by Gasteiger charge is -2.17. The van der Waals surface area contributed by atoms with Gasteiger partial charge in [-0.1, -0.05) is 32.6 Å². The minimum Gasteiger partial charge on any atom is -0.481 e. The number of rotatable bonds is 2. The molecule has 2 heteroatoms. The molecule has 0 spiro atoms. The fraction of sp³-hybridized carbons (Fsp3) is 0.900. The summed E-state index contributed by atoms with van der Waals surface area (Å²) in [4.78, 5) is 10.7. The van der Waals surface area contributed by atoms with Crippen LogP contribution in [0.15, 0.2) is 0 Å². The van der Waals surface area contributed by atoms with Crippen LogP contribution < -0.4 is 0 Å². The van der Waals surface area contributed by atoms with Crippen LogP contribution in [0.5, 0.6) is 0 Å². The van der Waals surface area contributed by atoms with Crippen molar-refractivity contribution in [2.24, 2.45) is 11.8 Å². The molecule has 0 bridgehead atoms. The first-order valence-electron chi connectivity index (χ1n) is 4.94. The van der Waals surface area contributed by atoms with Crippen molar-refractivity contribution in [3.05, 3.63) is 0 Å². The largest absolute Gasteiger partial charge is 0.481 e. The van der Waals surface area contributed by atoms with E-state index in [9.17, 15) is 4.79 Å². The molecule has 1 atom stereocenters. The van der Waals surface area contributed by atoms with Crippen molar-refractivity contribution >= 4 is 5.97 Å². The van der Waals surface area contributed by atoms with E-state index in [1.807, 2.05) is 6.92 Å². The van der Waals surface area contributed by atoms with Crippen LogP contribution in [0.1, 0.15) is 45.4 Å². The number of aliphatic carboxylic acids is 1. The molecule has 1 N–H and O–H groups in total. The van der Waals surface area contributed by atoms with E-state index in [1.54, 1.807) is 0 Å². The van der Waals surface area contributed by atoms with E-state index in [0.717, 1.165) is 12.8 Å². The SMILES string of the molecule is CC(C(=O)O)C1CCCCCC1. The fourth-order valence-corrected chi connectivity index (χ4v) is 2.01. The summed E-state index contributed by atoms with van der Waals surface area (Å²) in [5, 5.41) is 8.83. The second-order valence-electron chi connectivity index (χ2n) is 3.88. The van der Waals surface area contributed by atoms with Crippen LogP contribution in [0, 0.1) is 11.8 Å². The highest BCUT2D eigenvalue weighted by atomic mass is 16.4. The molecule has 70 valence electrons. The molecule has 2 nitrogen and oxygen atoms in total. The van der Waals surface area contributed by atoms with Gasteiger partial charge < -0.3 is 5.11 Å². The first-order valence-corrected chi connectivity index (χ1v) is 4.94. The molecule has 12 heavy (non-hydrogen) atoms. The molecule has 0 radical (unpaired) electrons. The first-order chi connectivity index (χ1) is 5.72. The van der Waals surface area contributed by atoms with Gasteiger partial charge in [0.2, 0.25) is 0 Å². The van der Waals surface area contributed by atoms with Gasteiger partial charge in [-0.05, 0) is 18.8 Å². The van der Waals surface area contributed by atoms with Crippen LogP contribution in [-0.2, 0) is 4.79 Å². The van der Waals surface area contributed by atoms with Gasteiger partial charge in [0.05, 0.1) is 5.92 Å². The van der Waals surface area contributed by atoms with Gasteiger partial charge in [-0.15, -0.1) is 0 Å². The van der Waals surface area contributed by atoms with Crippen molar-refractivity contribution in [2.45, 2.75) is 45.4 Å². The molecule has 0 saturated heterocycles. The Labute approximate surface area is 74.0 Å². The number of carboxylic acids is 1. The summed E-state index contributed by atoms with van der Waals surface area (Å²) in [6, 6.07) is 0. The van der Waals surface area contributed by atoms with Crippen molar-refractivity contribution < 1.29 is 9.90 Å². The predicted octanol–water partition coefficient (Wildman–Crippen LogP) is 2.68. The molecule has 1 aliphatic rings. The molecule has 0 aromatic rings. The molecule has 0 amide bonds. The molecule has 1 fully saturated rings. The van der Waals surface area contributed by atoms with Crippen molar-refractivity contribution in [1.29, 1.82) is 0 Å². The van der Waals surface area contributed by atoms with Crippen molar-refractivity contribution in [3.63, 3.8) is 0 Å². The summed E-state index contributed by atoms with van der Waals surface area (Å²) in [6.07, 6.45) is 7.27. The number of hydrogen-bond donors (Lipinski definition) is 1. The van der Waals surface area contributed by atoms with Crippen molar-refractivity contribution in [1.82, 2.24) is 0 Å². The molecule has 0 heterocycles. The summed E-state index contributed by atoms with van der Waals surface area (Å²) >= 11 is 0. The molecule has 1 rings (SSSR count). The zero-order chi connectivity index (χ0) is 8.97. The molecule has 0 aliphatic heterocycles. The van der Waals surface area contributed by atoms with Crippen LogP contribution >= 0.6 is 0 Å². The maximum Gasteiger partial charge on any atom is 0.306 e. The van der Waals surface area contributed by atoms with Gasteiger partial charge in [-0.25, -0.2) is 0 Å². The molecule has 0 aromatic carbocycles. The zero-order valence-corrected chi connectivity index (χ0v) is 7.75. The topological polar surface area (TPSA) is 37.3 Å². The van der Waals surface area contributed by atoms with Crippen LogP contribution in [0.2, 0.25) is 0 Å². The Morgan fingerprint density at radius 3 is 2.17 bits per heavy atom. The molecule has 0 aromatic heterocycles. The van der Waals surface area contributed by atoms with Gasteiger partial charge in [0.25, 0.3) is 0 Å². The normalized spacial score (nSPS) is 23.1. The summed E-state index contributed by atoms with van der Waals surface area (Å²) < 4.78 is 0. The second kappa shape index (κ2) is 4.48. The Morgan fingerprint density at radius 2 is 1.75 bits per heavy atom. The summed E-state index contributed by atoms with van der Waals surface area (Å²) in [5.41, 5.74) is 0. The van der Waals surface area contributed by atoms with Gasteiger partial charge in [0.15, 0.2) is 0 Å². The highest BCUT2D eigenvalue weighted by molar-refractivity contribution is 5.69. The molecule has 1 aliphatic carbocycles. The average molecular weight is 170 g/mol. The fourth-order valence-electron chi connectivity index (χ4n) is 2.01. The maximum atomic E-state index is 10.7. The van der Waals surface area contributed by atoms with Gasteiger partial charge in [0, 0.05) is 0 Å². The lowest BCUT2D eigenvalue weighted by atomic mass is 9.88. The Balaban J connectivity index is 2.42. The highest BCUT2D eigenvalue weighted by Gasteiger charge is 2.23. The van der Waals surface area contributed by atoms with Crippen molar-refractivity contribution in [3.8, 4) is 0 Å². The molecular formula is C10H18O2. The smallest absolute Gasteiger partial charge is 0.306 e. The number of hydrogen-bond acceptors (Lipinski definition) is 1. The maximum absolute atomic E-state index is 10.7. The van der Waals surface area contributed by atoms with Crippen LogP contribution in [-0.4, -0.2) is 11.1 Å². The summed E-state index contributed by atoms with van der Waals surface area (Å²) in [5.74, 6) is -0.324. The molecule has 1 saturated carbocycles. The Hall–Kier alpha value is -0.530. The lowest BCUT2D eigenvalue weighted by Crippen LogP contribution is -2.19. The highest BCUT2D eigenvalue weighted by Crippen LogP contribution is 2.28. The van der Waals surface area contributed by atoms with E-state index in [1.165, 1.54) is 25.7 Å². The Bertz CT molecular complexity index is 146. The van der Waals surface area contributed by atoms with Gasteiger partial charge in [0.1, 0.15) is 0 Å². The van der Waals surface area contributed by atoms with E-state index >= 15 is 0 Å². The Kier molecular flexibility index (Phi) is 3.57. The number of carbonyl (C=O) groups is 1. The van der Waals surface area contributed by atoms with Crippen LogP contribution in [0.3, 0.4) is 0 Å². The zero-order valence-electron chi connectivity index (χ0n) is 7.75. The van der Waals surface area contributed by atoms with E-state index in [2.05, 4.69) is 0 Å². The van der Waals surface area contributed by atoms with Gasteiger partial charge in [-0.3, -0.25) is 4.79 Å². The minimum absolute atomic E-state index is 0.136. The van der Waals surface area contributed by atoms with Gasteiger partial charge >= 0.3 is 5.97 Å². The van der Waals surface area contributed by atoms with E-state index in [-0.39, 0.29) is 5.92 Å². The third-order valence-electron chi connectivity index (χ3n) is 3.00. The quantitative estimate of drug-likeness (QED) is 0.647. The minimum atomic E-state index is -0.623. The third-order valence-corrected chi connectivity index (χ3v) is 3.00. The van der Waals surface area contributed by atoms with E-state index < -0.39 is 5.97 Å². The predicted molar refractivity (Wildman–Crippen MR) is 48.0 cm³/mol. The van der Waals surface area contributed by atoms with Gasteiger partial charge in [-0.2, -0.15) is 0 Å². The summed E-state index contributed by atoms with van der Waals surface area (Å²) in [6.45, 7) is 1.85. The van der Waals surface area contributed by atoms with E-state index in [0.29, 0.717) is 5.92 Å². The lowest BCUT2D eigenvalue weighted by molar-refractivity contribution is -0.143. The Morgan fingerprint density at radius 1 is 1.25 bits per heavy atom.